The second kappa shape index (κ2) is 8.38. The summed E-state index contributed by atoms with van der Waals surface area (Å²) < 4.78 is 28.0. The molecule has 0 aromatic carbocycles. The van der Waals surface area contributed by atoms with Crippen molar-refractivity contribution in [2.75, 3.05) is 12.3 Å². The highest BCUT2D eigenvalue weighted by Gasteiger charge is 2.52. The van der Waals surface area contributed by atoms with Crippen molar-refractivity contribution in [1.29, 1.82) is 0 Å². The van der Waals surface area contributed by atoms with E-state index < -0.39 is 38.1 Å². The zero-order valence-corrected chi connectivity index (χ0v) is 16.1. The van der Waals surface area contributed by atoms with E-state index in [0.717, 1.165) is 30.3 Å². The zero-order chi connectivity index (χ0) is 19.6. The average Bonchev–Trinajstić information content (AvgIpc) is 2.91. The van der Waals surface area contributed by atoms with Crippen molar-refractivity contribution in [3.05, 3.63) is 22.2 Å². The number of hydrogen-bond donors (Lipinski definition) is 3. The number of nitrogen functional groups attached to an aromatic ring is 1. The van der Waals surface area contributed by atoms with Gasteiger partial charge in [-0.2, -0.15) is 4.98 Å². The minimum absolute atomic E-state index is 0.163. The summed E-state index contributed by atoms with van der Waals surface area (Å²) >= 11 is 0. The lowest BCUT2D eigenvalue weighted by Crippen LogP contribution is -2.40. The molecular formula is C16H26N3O7P. The molecule has 2 saturated heterocycles. The minimum Gasteiger partial charge on any atom is -0.386 e. The first-order valence-electron chi connectivity index (χ1n) is 9.19. The lowest BCUT2D eigenvalue weighted by Gasteiger charge is -2.27. The first-order valence-corrected chi connectivity index (χ1v) is 10.7. The van der Waals surface area contributed by atoms with Gasteiger partial charge in [0.05, 0.1) is 6.61 Å². The van der Waals surface area contributed by atoms with Gasteiger partial charge in [0.15, 0.2) is 6.23 Å². The number of anilines is 1. The van der Waals surface area contributed by atoms with Crippen molar-refractivity contribution < 1.29 is 28.3 Å². The van der Waals surface area contributed by atoms with Crippen LogP contribution in [0.25, 0.3) is 0 Å². The molecule has 0 amide bonds. The molecule has 2 aliphatic heterocycles. The van der Waals surface area contributed by atoms with Crippen molar-refractivity contribution in [1.82, 2.24) is 9.55 Å². The van der Waals surface area contributed by atoms with Crippen molar-refractivity contribution in [3.8, 4) is 0 Å². The van der Waals surface area contributed by atoms with Crippen LogP contribution in [-0.4, -0.2) is 44.5 Å². The van der Waals surface area contributed by atoms with E-state index in [9.17, 15) is 19.4 Å². The Labute approximate surface area is 156 Å². The number of nitrogens with zero attached hydrogens (tertiary/aromatic N) is 2. The summed E-state index contributed by atoms with van der Waals surface area (Å²) in [7, 11) is -4.23. The van der Waals surface area contributed by atoms with Crippen molar-refractivity contribution in [2.24, 2.45) is 0 Å². The normalized spacial score (nSPS) is 33.1. The van der Waals surface area contributed by atoms with Crippen LogP contribution in [0, 0.1) is 0 Å². The Morgan fingerprint density at radius 2 is 2.11 bits per heavy atom. The zero-order valence-electron chi connectivity index (χ0n) is 15.2. The molecule has 2 fully saturated rings. The maximum Gasteiger partial charge on any atom is 0.472 e. The van der Waals surface area contributed by atoms with E-state index in [4.69, 9.17) is 19.5 Å². The molecule has 3 rings (SSSR count). The molecule has 0 saturated carbocycles. The van der Waals surface area contributed by atoms with Crippen LogP contribution in [-0.2, 0) is 24.8 Å². The Bertz CT molecular complexity index is 771. The number of aliphatic hydroxyl groups is 1. The number of nitrogens with two attached hydrogens (primary N) is 1. The number of phosphoric acid groups is 1. The molecule has 11 heteroatoms. The van der Waals surface area contributed by atoms with E-state index in [0.29, 0.717) is 12.0 Å². The van der Waals surface area contributed by atoms with Gasteiger partial charge in [-0.1, -0.05) is 32.6 Å². The van der Waals surface area contributed by atoms with E-state index in [-0.39, 0.29) is 12.4 Å². The predicted octanol–water partition coefficient (Wildman–Crippen LogP) is 1.11. The Balaban J connectivity index is 1.75. The maximum atomic E-state index is 12.3. The van der Waals surface area contributed by atoms with Crippen LogP contribution >= 0.6 is 7.82 Å². The summed E-state index contributed by atoms with van der Waals surface area (Å²) in [5.74, 6) is 0.163. The molecule has 2 aliphatic rings. The molecule has 1 aromatic rings. The Morgan fingerprint density at radius 1 is 1.37 bits per heavy atom. The third kappa shape index (κ3) is 4.59. The highest BCUT2D eigenvalue weighted by molar-refractivity contribution is 7.47. The number of unbranched alkanes of at least 4 members (excludes halogenated alkanes) is 4. The number of aryl methyl sites for hydroxylation is 1. The third-order valence-electron chi connectivity index (χ3n) is 4.85. The van der Waals surface area contributed by atoms with Crippen LogP contribution in [0.2, 0.25) is 0 Å². The molecule has 4 N–H and O–H groups in total. The van der Waals surface area contributed by atoms with Crippen LogP contribution in [0.5, 0.6) is 0 Å². The van der Waals surface area contributed by atoms with Gasteiger partial charge in [-0.25, -0.2) is 9.36 Å². The molecule has 0 radical (unpaired) electrons. The van der Waals surface area contributed by atoms with Gasteiger partial charge in [-0.05, 0) is 12.8 Å². The smallest absolute Gasteiger partial charge is 0.386 e. The summed E-state index contributed by atoms with van der Waals surface area (Å²) in [6.07, 6.45) is 3.37. The number of ether oxygens (including phenoxy) is 1. The van der Waals surface area contributed by atoms with Crippen LogP contribution in [0.15, 0.2) is 11.0 Å². The standard InChI is InChI=1S/C16H26N3O7P/c1-2-3-4-5-6-7-10-8-19(16(21)18-14(10)17)15-12(20)13-11(25-15)9-24-27(22,23)26-13/h8,11-13,15,20H,2-7,9H2,1H3,(H,22,23)(H2,17,18,21)/t11?,12-,13?,15-/m1/s1. The van der Waals surface area contributed by atoms with E-state index in [1.807, 2.05) is 0 Å². The quantitative estimate of drug-likeness (QED) is 0.450. The second-order valence-corrected chi connectivity index (χ2v) is 8.30. The fourth-order valence-corrected chi connectivity index (χ4v) is 4.35. The molecular weight excluding hydrogens is 377 g/mol. The topological polar surface area (TPSA) is 146 Å². The lowest BCUT2D eigenvalue weighted by molar-refractivity contribution is -0.0685. The van der Waals surface area contributed by atoms with Gasteiger partial charge in [-0.3, -0.25) is 13.6 Å². The van der Waals surface area contributed by atoms with Gasteiger partial charge in [0.25, 0.3) is 0 Å². The maximum absolute atomic E-state index is 12.3. The van der Waals surface area contributed by atoms with Crippen LogP contribution < -0.4 is 11.4 Å². The van der Waals surface area contributed by atoms with Crippen LogP contribution in [0.1, 0.15) is 50.8 Å². The average molecular weight is 403 g/mol. The number of hydrogen-bond acceptors (Lipinski definition) is 8. The molecule has 152 valence electrons. The van der Waals surface area contributed by atoms with Crippen LogP contribution in [0.4, 0.5) is 5.82 Å². The molecule has 0 bridgehead atoms. The number of aliphatic hydroxyl groups excluding tert-OH is 1. The van der Waals surface area contributed by atoms with Gasteiger partial charge in [0.1, 0.15) is 24.1 Å². The van der Waals surface area contributed by atoms with Crippen molar-refractivity contribution in [2.45, 2.75) is 70.0 Å². The summed E-state index contributed by atoms with van der Waals surface area (Å²) in [4.78, 5) is 25.5. The van der Waals surface area contributed by atoms with Gasteiger partial charge in [-0.15, -0.1) is 0 Å². The number of fused-ring (bicyclic) bond motifs is 1. The predicted molar refractivity (Wildman–Crippen MR) is 95.9 cm³/mol. The number of phosphoric ester groups is 1. The molecule has 10 nitrogen and oxygen atoms in total. The van der Waals surface area contributed by atoms with Gasteiger partial charge in [0.2, 0.25) is 0 Å². The molecule has 3 unspecified atom stereocenters. The first-order chi connectivity index (χ1) is 12.8. The fourth-order valence-electron chi connectivity index (χ4n) is 3.38. The fraction of sp³-hybridized carbons (Fsp3) is 0.750. The summed E-state index contributed by atoms with van der Waals surface area (Å²) in [5.41, 5.74) is 5.90. The minimum atomic E-state index is -4.23. The summed E-state index contributed by atoms with van der Waals surface area (Å²) in [5, 5.41) is 10.5. The van der Waals surface area contributed by atoms with E-state index in [1.165, 1.54) is 12.6 Å². The molecule has 0 spiro atoms. The van der Waals surface area contributed by atoms with Gasteiger partial charge < -0.3 is 20.5 Å². The van der Waals surface area contributed by atoms with Crippen molar-refractivity contribution in [3.63, 3.8) is 0 Å². The summed E-state index contributed by atoms with van der Waals surface area (Å²) in [6.45, 7) is 1.93. The third-order valence-corrected chi connectivity index (χ3v) is 5.84. The monoisotopic (exact) mass is 403 g/mol. The van der Waals surface area contributed by atoms with E-state index in [1.54, 1.807) is 0 Å². The molecule has 5 atom stereocenters. The summed E-state index contributed by atoms with van der Waals surface area (Å²) in [6, 6.07) is 0. The number of rotatable bonds is 7. The van der Waals surface area contributed by atoms with Gasteiger partial charge in [0, 0.05) is 11.8 Å². The number of aromatic nitrogens is 2. The molecule has 0 aliphatic carbocycles. The van der Waals surface area contributed by atoms with E-state index >= 15 is 0 Å². The highest BCUT2D eigenvalue weighted by atomic mass is 31.2. The molecule has 1 aromatic heterocycles. The van der Waals surface area contributed by atoms with Crippen molar-refractivity contribution >= 4 is 13.6 Å². The molecule has 3 heterocycles. The second-order valence-electron chi connectivity index (χ2n) is 6.90. The SMILES string of the molecule is CCCCCCCc1cn([C@@H]2OC3COP(=O)(O)OC3[C@H]2O)c(=O)nc1N. The largest absolute Gasteiger partial charge is 0.472 e. The van der Waals surface area contributed by atoms with E-state index in [2.05, 4.69) is 11.9 Å². The lowest BCUT2D eigenvalue weighted by atomic mass is 10.1. The Hall–Kier alpha value is -1.29. The first kappa shape index (κ1) is 20.4. The Kier molecular flexibility index (Phi) is 6.35. The van der Waals surface area contributed by atoms with Gasteiger partial charge >= 0.3 is 13.5 Å². The highest BCUT2D eigenvalue weighted by Crippen LogP contribution is 2.52. The molecule has 27 heavy (non-hydrogen) atoms. The van der Waals surface area contributed by atoms with Crippen LogP contribution in [0.3, 0.4) is 0 Å². The Morgan fingerprint density at radius 3 is 2.85 bits per heavy atom.